The first-order valence-corrected chi connectivity index (χ1v) is 15.5. The van der Waals surface area contributed by atoms with Gasteiger partial charge < -0.3 is 9.80 Å². The molecule has 0 saturated heterocycles. The molecule has 218 valence electrons. The van der Waals surface area contributed by atoms with E-state index in [1.54, 1.807) is 0 Å². The summed E-state index contributed by atoms with van der Waals surface area (Å²) >= 11 is 0. The number of hydrogen-bond acceptors (Lipinski definition) is 2. The van der Waals surface area contributed by atoms with Crippen LogP contribution in [0.25, 0.3) is 11.1 Å². The van der Waals surface area contributed by atoms with Crippen LogP contribution in [0.1, 0.15) is 33.4 Å². The summed E-state index contributed by atoms with van der Waals surface area (Å²) in [5.74, 6) is 0. The van der Waals surface area contributed by atoms with E-state index in [0.29, 0.717) is 0 Å². The molecule has 6 aromatic rings. The second kappa shape index (κ2) is 13.9. The fraction of sp³-hybridized carbons (Fsp3) is 0.143. The summed E-state index contributed by atoms with van der Waals surface area (Å²) in [4.78, 5) is 4.98. The van der Waals surface area contributed by atoms with E-state index < -0.39 is 0 Å². The minimum absolute atomic E-state index is 0.863. The molecule has 0 heterocycles. The largest absolute Gasteiger partial charge is 0.363 e. The monoisotopic (exact) mass is 572 g/mol. The quantitative estimate of drug-likeness (QED) is 0.152. The molecule has 0 bridgehead atoms. The molecule has 0 radical (unpaired) electrons. The van der Waals surface area contributed by atoms with Gasteiger partial charge in [-0.1, -0.05) is 133 Å². The molecule has 0 fully saturated rings. The molecule has 0 aliphatic carbocycles. The molecular formula is C42H40N2. The normalized spacial score (nSPS) is 10.9. The van der Waals surface area contributed by atoms with Gasteiger partial charge in [0.2, 0.25) is 0 Å². The van der Waals surface area contributed by atoms with Gasteiger partial charge in [-0.15, -0.1) is 0 Å². The Labute approximate surface area is 262 Å². The van der Waals surface area contributed by atoms with Crippen LogP contribution in [0.3, 0.4) is 0 Å². The van der Waals surface area contributed by atoms with E-state index in [2.05, 4.69) is 181 Å². The Morgan fingerprint density at radius 3 is 0.864 bits per heavy atom. The summed E-state index contributed by atoms with van der Waals surface area (Å²) in [5, 5.41) is 0. The highest BCUT2D eigenvalue weighted by molar-refractivity contribution is 5.72. The summed E-state index contributed by atoms with van der Waals surface area (Å²) in [5.41, 5.74) is 12.9. The fourth-order valence-corrected chi connectivity index (χ4v) is 6.05. The fourth-order valence-electron chi connectivity index (χ4n) is 6.05. The maximum Gasteiger partial charge on any atom is 0.0433 e. The Morgan fingerprint density at radius 2 is 0.614 bits per heavy atom. The lowest BCUT2D eigenvalue weighted by Gasteiger charge is -2.28. The second-order valence-corrected chi connectivity index (χ2v) is 11.7. The summed E-state index contributed by atoms with van der Waals surface area (Å²) in [6.07, 6.45) is 0. The van der Waals surface area contributed by atoms with Crippen molar-refractivity contribution in [1.82, 2.24) is 0 Å². The van der Waals surface area contributed by atoms with E-state index >= 15 is 0 Å². The van der Waals surface area contributed by atoms with E-state index in [9.17, 15) is 0 Å². The highest BCUT2D eigenvalue weighted by atomic mass is 15.1. The van der Waals surface area contributed by atoms with Gasteiger partial charge in [-0.25, -0.2) is 0 Å². The third-order valence-corrected chi connectivity index (χ3v) is 8.27. The maximum atomic E-state index is 2.49. The van der Waals surface area contributed by atoms with E-state index in [0.717, 1.165) is 26.2 Å². The van der Waals surface area contributed by atoms with Crippen molar-refractivity contribution in [3.8, 4) is 11.1 Å². The van der Waals surface area contributed by atoms with E-state index in [-0.39, 0.29) is 0 Å². The summed E-state index contributed by atoms with van der Waals surface area (Å²) in [6.45, 7) is 7.94. The highest BCUT2D eigenvalue weighted by Crippen LogP contribution is 2.33. The standard InChI is InChI=1S/C42H40N2/c1-33-27-39(23-25-41(33)43(29-35-15-7-3-8-16-35)30-36-17-9-4-10-18-36)40-24-26-42(34(2)28-40)44(31-37-19-11-5-12-20-37)32-38-21-13-6-14-22-38/h3-28H,29-32H2,1-2H3. The van der Waals surface area contributed by atoms with Crippen LogP contribution in [-0.4, -0.2) is 0 Å². The number of hydrogen-bond donors (Lipinski definition) is 0. The van der Waals surface area contributed by atoms with Crippen molar-refractivity contribution in [2.24, 2.45) is 0 Å². The molecule has 0 spiro atoms. The minimum Gasteiger partial charge on any atom is -0.363 e. The molecule has 6 aromatic carbocycles. The molecule has 0 N–H and O–H groups in total. The summed E-state index contributed by atoms with van der Waals surface area (Å²) in [6, 6.07) is 56.9. The van der Waals surface area contributed by atoms with Crippen molar-refractivity contribution in [2.75, 3.05) is 9.80 Å². The molecule has 0 aliphatic heterocycles. The van der Waals surface area contributed by atoms with E-state index in [4.69, 9.17) is 0 Å². The van der Waals surface area contributed by atoms with Crippen molar-refractivity contribution in [2.45, 2.75) is 40.0 Å². The smallest absolute Gasteiger partial charge is 0.0433 e. The Morgan fingerprint density at radius 1 is 0.341 bits per heavy atom. The van der Waals surface area contributed by atoms with Gasteiger partial charge in [0.05, 0.1) is 0 Å². The molecule has 2 nitrogen and oxygen atoms in total. The first kappa shape index (κ1) is 29.0. The number of nitrogens with zero attached hydrogens (tertiary/aromatic N) is 2. The van der Waals surface area contributed by atoms with Crippen LogP contribution in [-0.2, 0) is 26.2 Å². The van der Waals surface area contributed by atoms with Crippen molar-refractivity contribution < 1.29 is 0 Å². The van der Waals surface area contributed by atoms with Crippen molar-refractivity contribution in [3.05, 3.63) is 191 Å². The van der Waals surface area contributed by atoms with Crippen LogP contribution < -0.4 is 9.80 Å². The number of aryl methyl sites for hydroxylation is 2. The van der Waals surface area contributed by atoms with Gasteiger partial charge in [-0.3, -0.25) is 0 Å². The van der Waals surface area contributed by atoms with Gasteiger partial charge in [0, 0.05) is 37.6 Å². The van der Waals surface area contributed by atoms with Gasteiger partial charge in [0.25, 0.3) is 0 Å². The maximum absolute atomic E-state index is 2.49. The highest BCUT2D eigenvalue weighted by Gasteiger charge is 2.15. The topological polar surface area (TPSA) is 6.48 Å². The first-order valence-electron chi connectivity index (χ1n) is 15.5. The third-order valence-electron chi connectivity index (χ3n) is 8.27. The van der Waals surface area contributed by atoms with Crippen LogP contribution in [0, 0.1) is 13.8 Å². The summed E-state index contributed by atoms with van der Waals surface area (Å²) in [7, 11) is 0. The van der Waals surface area contributed by atoms with Crippen LogP contribution in [0.2, 0.25) is 0 Å². The van der Waals surface area contributed by atoms with E-state index in [1.807, 2.05) is 0 Å². The zero-order valence-electron chi connectivity index (χ0n) is 25.7. The Hall–Kier alpha value is -5.08. The molecule has 0 atom stereocenters. The second-order valence-electron chi connectivity index (χ2n) is 11.7. The van der Waals surface area contributed by atoms with Crippen LogP contribution in [0.15, 0.2) is 158 Å². The third kappa shape index (κ3) is 7.27. The van der Waals surface area contributed by atoms with Crippen molar-refractivity contribution in [3.63, 3.8) is 0 Å². The number of rotatable bonds is 11. The van der Waals surface area contributed by atoms with E-state index in [1.165, 1.54) is 55.9 Å². The average Bonchev–Trinajstić information content (AvgIpc) is 3.06. The molecular weight excluding hydrogens is 532 g/mol. The SMILES string of the molecule is Cc1cc(-c2ccc(N(Cc3ccccc3)Cc3ccccc3)c(C)c2)ccc1N(Cc1ccccc1)Cc1ccccc1. The molecule has 0 amide bonds. The van der Waals surface area contributed by atoms with Gasteiger partial charge in [0.15, 0.2) is 0 Å². The van der Waals surface area contributed by atoms with Gasteiger partial charge in [-0.05, 0) is 82.6 Å². The number of benzene rings is 6. The molecule has 0 saturated carbocycles. The predicted molar refractivity (Wildman–Crippen MR) is 187 cm³/mol. The Bertz CT molecular complexity index is 1550. The number of anilines is 2. The lowest BCUT2D eigenvalue weighted by Crippen LogP contribution is -2.23. The molecule has 2 heteroatoms. The van der Waals surface area contributed by atoms with Crippen LogP contribution >= 0.6 is 0 Å². The zero-order chi connectivity index (χ0) is 30.1. The Kier molecular flexibility index (Phi) is 9.18. The van der Waals surface area contributed by atoms with Crippen molar-refractivity contribution >= 4 is 11.4 Å². The summed E-state index contributed by atoms with van der Waals surface area (Å²) < 4.78 is 0. The predicted octanol–water partition coefficient (Wildman–Crippen LogP) is 10.4. The zero-order valence-corrected chi connectivity index (χ0v) is 25.7. The molecule has 44 heavy (non-hydrogen) atoms. The van der Waals surface area contributed by atoms with Gasteiger partial charge in [-0.2, -0.15) is 0 Å². The molecule has 0 aromatic heterocycles. The Balaban J connectivity index is 1.28. The average molecular weight is 573 g/mol. The molecule has 0 unspecified atom stereocenters. The van der Waals surface area contributed by atoms with Crippen LogP contribution in [0.5, 0.6) is 0 Å². The van der Waals surface area contributed by atoms with Gasteiger partial charge in [0.1, 0.15) is 0 Å². The first-order chi connectivity index (χ1) is 21.6. The minimum atomic E-state index is 0.863. The molecule has 0 aliphatic rings. The van der Waals surface area contributed by atoms with Crippen LogP contribution in [0.4, 0.5) is 11.4 Å². The van der Waals surface area contributed by atoms with Crippen molar-refractivity contribution in [1.29, 1.82) is 0 Å². The molecule has 6 rings (SSSR count). The lowest BCUT2D eigenvalue weighted by atomic mass is 9.98. The van der Waals surface area contributed by atoms with Gasteiger partial charge >= 0.3 is 0 Å². The lowest BCUT2D eigenvalue weighted by molar-refractivity contribution is 0.796.